The highest BCUT2D eigenvalue weighted by Gasteiger charge is 2.24. The van der Waals surface area contributed by atoms with E-state index in [4.69, 9.17) is 4.74 Å². The maximum atomic E-state index is 14.0. The molecule has 0 spiro atoms. The second-order valence-corrected chi connectivity index (χ2v) is 7.33. The number of hydrogen-bond donors (Lipinski definition) is 1. The van der Waals surface area contributed by atoms with Crippen LogP contribution in [0.15, 0.2) is 48.5 Å². The summed E-state index contributed by atoms with van der Waals surface area (Å²) in [5, 5.41) is 3.01. The van der Waals surface area contributed by atoms with Crippen LogP contribution in [0, 0.1) is 5.82 Å². The summed E-state index contributed by atoms with van der Waals surface area (Å²) in [5.41, 5.74) is 1.39. The fourth-order valence-corrected chi connectivity index (χ4v) is 4.26. The van der Waals surface area contributed by atoms with Crippen LogP contribution in [0.4, 0.5) is 14.9 Å². The monoisotopic (exact) mass is 374 g/mol. The van der Waals surface area contributed by atoms with Gasteiger partial charge in [0.15, 0.2) is 0 Å². The summed E-state index contributed by atoms with van der Waals surface area (Å²) in [7, 11) is 0. The fraction of sp³-hybridized carbons (Fsp3) is 0.350. The molecule has 1 heterocycles. The normalized spacial score (nSPS) is 17.5. The van der Waals surface area contributed by atoms with Crippen molar-refractivity contribution in [3.05, 3.63) is 59.9 Å². The Morgan fingerprint density at radius 2 is 2.00 bits per heavy atom. The molecule has 1 aliphatic heterocycles. The van der Waals surface area contributed by atoms with E-state index in [9.17, 15) is 9.18 Å². The Balaban J connectivity index is 1.64. The number of ether oxygens (including phenoxy) is 1. The Hall–Kier alpha value is -2.21. The lowest BCUT2D eigenvalue weighted by molar-refractivity contribution is 0.215. The summed E-state index contributed by atoms with van der Waals surface area (Å²) < 4.78 is 19.6. The maximum Gasteiger partial charge on any atom is 0.321 e. The van der Waals surface area contributed by atoms with Gasteiger partial charge in [0.05, 0.1) is 12.3 Å². The molecular weight excluding hydrogens is 351 g/mol. The summed E-state index contributed by atoms with van der Waals surface area (Å²) in [6.45, 7) is 3.68. The van der Waals surface area contributed by atoms with Crippen molar-refractivity contribution < 1.29 is 13.9 Å². The summed E-state index contributed by atoms with van der Waals surface area (Å²) in [4.78, 5) is 14.5. The summed E-state index contributed by atoms with van der Waals surface area (Å²) in [5.74, 6) is 1.27. The van der Waals surface area contributed by atoms with Crippen LogP contribution in [0.2, 0.25) is 0 Å². The number of halogens is 1. The van der Waals surface area contributed by atoms with E-state index in [2.05, 4.69) is 5.32 Å². The van der Waals surface area contributed by atoms with E-state index in [0.717, 1.165) is 17.7 Å². The van der Waals surface area contributed by atoms with Crippen LogP contribution in [-0.4, -0.2) is 36.4 Å². The number of carbonyl (C=O) groups excluding carboxylic acids is 1. The predicted molar refractivity (Wildman–Crippen MR) is 104 cm³/mol. The number of carbonyl (C=O) groups is 1. The summed E-state index contributed by atoms with van der Waals surface area (Å²) in [6.07, 6.45) is 0.728. The SMILES string of the molecule is CCOc1ccccc1NC(=O)N1CCS[C@@H](c2ccccc2F)CC1. The molecule has 138 valence electrons. The topological polar surface area (TPSA) is 41.6 Å². The van der Waals surface area contributed by atoms with Crippen molar-refractivity contribution in [2.75, 3.05) is 30.8 Å². The molecule has 6 heteroatoms. The van der Waals surface area contributed by atoms with E-state index >= 15 is 0 Å². The molecule has 0 aliphatic carbocycles. The van der Waals surface area contributed by atoms with Gasteiger partial charge in [-0.25, -0.2) is 9.18 Å². The number of benzene rings is 2. The molecular formula is C20H23FN2O2S. The molecule has 3 rings (SSSR count). The minimum Gasteiger partial charge on any atom is -0.492 e. The van der Waals surface area contributed by atoms with Gasteiger partial charge in [-0.3, -0.25) is 0 Å². The first-order valence-electron chi connectivity index (χ1n) is 8.83. The summed E-state index contributed by atoms with van der Waals surface area (Å²) in [6, 6.07) is 14.2. The fourth-order valence-electron chi connectivity index (χ4n) is 3.00. The lowest BCUT2D eigenvalue weighted by Crippen LogP contribution is -2.36. The van der Waals surface area contributed by atoms with E-state index in [-0.39, 0.29) is 17.1 Å². The molecule has 1 N–H and O–H groups in total. The third-order valence-corrected chi connectivity index (χ3v) is 5.62. The number of amides is 2. The molecule has 2 amide bonds. The average molecular weight is 374 g/mol. The van der Waals surface area contributed by atoms with Crippen LogP contribution in [0.25, 0.3) is 0 Å². The number of anilines is 1. The smallest absolute Gasteiger partial charge is 0.321 e. The first-order valence-corrected chi connectivity index (χ1v) is 9.87. The third kappa shape index (κ3) is 4.49. The number of nitrogens with zero attached hydrogens (tertiary/aromatic N) is 1. The number of thioether (sulfide) groups is 1. The molecule has 0 radical (unpaired) electrons. The molecule has 1 aliphatic rings. The van der Waals surface area contributed by atoms with Crippen molar-refractivity contribution >= 4 is 23.5 Å². The van der Waals surface area contributed by atoms with Crippen LogP contribution in [0.3, 0.4) is 0 Å². The van der Waals surface area contributed by atoms with Crippen LogP contribution in [0.1, 0.15) is 24.2 Å². The van der Waals surface area contributed by atoms with Crippen molar-refractivity contribution in [3.8, 4) is 5.75 Å². The Morgan fingerprint density at radius 1 is 1.23 bits per heavy atom. The van der Waals surface area contributed by atoms with Gasteiger partial charge in [-0.05, 0) is 31.5 Å². The van der Waals surface area contributed by atoms with E-state index in [1.165, 1.54) is 6.07 Å². The van der Waals surface area contributed by atoms with Crippen molar-refractivity contribution in [1.29, 1.82) is 0 Å². The molecule has 2 aromatic rings. The highest BCUT2D eigenvalue weighted by atomic mass is 32.2. The third-order valence-electron chi connectivity index (χ3n) is 4.31. The van der Waals surface area contributed by atoms with Gasteiger partial charge in [-0.1, -0.05) is 30.3 Å². The molecule has 1 fully saturated rings. The van der Waals surface area contributed by atoms with Gasteiger partial charge in [-0.15, -0.1) is 0 Å². The van der Waals surface area contributed by atoms with Crippen LogP contribution in [-0.2, 0) is 0 Å². The molecule has 4 nitrogen and oxygen atoms in total. The van der Waals surface area contributed by atoms with Crippen LogP contribution >= 0.6 is 11.8 Å². The molecule has 26 heavy (non-hydrogen) atoms. The molecule has 0 aromatic heterocycles. The maximum absolute atomic E-state index is 14.0. The number of urea groups is 1. The van der Waals surface area contributed by atoms with Gasteiger partial charge < -0.3 is 15.0 Å². The van der Waals surface area contributed by atoms with Gasteiger partial charge in [0.1, 0.15) is 11.6 Å². The Bertz CT molecular complexity index is 756. The first-order chi connectivity index (χ1) is 12.7. The molecule has 0 saturated carbocycles. The number of para-hydroxylation sites is 2. The number of nitrogens with one attached hydrogen (secondary N) is 1. The minimum absolute atomic E-state index is 0.0738. The first kappa shape index (κ1) is 18.6. The number of hydrogen-bond acceptors (Lipinski definition) is 3. The van der Waals surface area contributed by atoms with Crippen molar-refractivity contribution in [2.24, 2.45) is 0 Å². The van der Waals surface area contributed by atoms with Crippen molar-refractivity contribution in [1.82, 2.24) is 4.90 Å². The van der Waals surface area contributed by atoms with Gasteiger partial charge in [0.2, 0.25) is 0 Å². The Labute approximate surface area is 157 Å². The predicted octanol–water partition coefficient (Wildman–Crippen LogP) is 4.94. The van der Waals surface area contributed by atoms with Crippen LogP contribution in [0.5, 0.6) is 5.75 Å². The average Bonchev–Trinajstić information content (AvgIpc) is 2.90. The lowest BCUT2D eigenvalue weighted by atomic mass is 10.1. The van der Waals surface area contributed by atoms with Gasteiger partial charge in [0, 0.05) is 29.7 Å². The van der Waals surface area contributed by atoms with Crippen molar-refractivity contribution in [2.45, 2.75) is 18.6 Å². The molecule has 1 atom stereocenters. The van der Waals surface area contributed by atoms with Crippen molar-refractivity contribution in [3.63, 3.8) is 0 Å². The molecule has 0 unspecified atom stereocenters. The number of rotatable bonds is 4. The van der Waals surface area contributed by atoms with E-state index in [1.807, 2.05) is 43.3 Å². The largest absolute Gasteiger partial charge is 0.492 e. The lowest BCUT2D eigenvalue weighted by Gasteiger charge is -2.22. The Kier molecular flexibility index (Phi) is 6.39. The van der Waals surface area contributed by atoms with E-state index in [0.29, 0.717) is 31.1 Å². The Morgan fingerprint density at radius 3 is 2.81 bits per heavy atom. The highest BCUT2D eigenvalue weighted by molar-refractivity contribution is 7.99. The zero-order valence-electron chi connectivity index (χ0n) is 14.8. The zero-order chi connectivity index (χ0) is 18.4. The zero-order valence-corrected chi connectivity index (χ0v) is 15.6. The van der Waals surface area contributed by atoms with Gasteiger partial charge in [0.25, 0.3) is 0 Å². The minimum atomic E-state index is -0.173. The second-order valence-electron chi connectivity index (χ2n) is 6.02. The van der Waals surface area contributed by atoms with Crippen LogP contribution < -0.4 is 10.1 Å². The second kappa shape index (κ2) is 8.94. The molecule has 2 aromatic carbocycles. The quantitative estimate of drug-likeness (QED) is 0.824. The summed E-state index contributed by atoms with van der Waals surface area (Å²) >= 11 is 1.70. The van der Waals surface area contributed by atoms with E-state index in [1.54, 1.807) is 22.7 Å². The molecule has 1 saturated heterocycles. The van der Waals surface area contributed by atoms with Gasteiger partial charge in [-0.2, -0.15) is 11.8 Å². The van der Waals surface area contributed by atoms with E-state index < -0.39 is 0 Å². The highest BCUT2D eigenvalue weighted by Crippen LogP contribution is 2.35. The molecule has 0 bridgehead atoms. The standard InChI is InChI=1S/C20H23FN2O2S/c1-2-25-18-10-6-5-9-17(18)22-20(24)23-12-11-19(26-14-13-23)15-7-3-4-8-16(15)21/h3-10,19H,2,11-14H2,1H3,(H,22,24)/t19-/m1/s1. The van der Waals surface area contributed by atoms with Gasteiger partial charge >= 0.3 is 6.03 Å².